The Balaban J connectivity index is 2.24. The van der Waals surface area contributed by atoms with Crippen molar-refractivity contribution in [1.82, 2.24) is 9.97 Å². The number of aromatic nitrogens is 2. The van der Waals surface area contributed by atoms with Gasteiger partial charge in [0.1, 0.15) is 23.3 Å². The molecule has 0 radical (unpaired) electrons. The predicted octanol–water partition coefficient (Wildman–Crippen LogP) is 2.90. The zero-order valence-corrected chi connectivity index (χ0v) is 11.0. The van der Waals surface area contributed by atoms with Gasteiger partial charge in [-0.25, -0.2) is 8.78 Å². The number of nitrogens with two attached hydrogens (primary N) is 1. The van der Waals surface area contributed by atoms with Crippen molar-refractivity contribution in [1.29, 1.82) is 0 Å². The molecule has 0 bridgehead atoms. The van der Waals surface area contributed by atoms with Gasteiger partial charge in [0.05, 0.1) is 5.69 Å². The van der Waals surface area contributed by atoms with Gasteiger partial charge in [0.15, 0.2) is 0 Å². The topological polar surface area (TPSA) is 75.9 Å². The fourth-order valence-corrected chi connectivity index (χ4v) is 1.60. The Morgan fingerprint density at radius 2 is 1.90 bits per heavy atom. The number of hydrogen-bond donors (Lipinski definition) is 3. The molecule has 0 aliphatic heterocycles. The molecule has 0 fully saturated rings. The van der Waals surface area contributed by atoms with Gasteiger partial charge in [0, 0.05) is 18.7 Å². The Morgan fingerprint density at radius 3 is 2.65 bits per heavy atom. The third-order valence-electron chi connectivity index (χ3n) is 2.49. The molecule has 5 nitrogen and oxygen atoms in total. The number of hydrogen-bond acceptors (Lipinski definition) is 5. The summed E-state index contributed by atoms with van der Waals surface area (Å²) in [7, 11) is 0. The van der Waals surface area contributed by atoms with Crippen LogP contribution in [0.4, 0.5) is 32.1 Å². The van der Waals surface area contributed by atoms with Crippen LogP contribution in [0.5, 0.6) is 0 Å². The molecule has 0 aliphatic carbocycles. The van der Waals surface area contributed by atoms with Crippen LogP contribution in [-0.4, -0.2) is 16.5 Å². The monoisotopic (exact) mass is 279 g/mol. The van der Waals surface area contributed by atoms with Crippen molar-refractivity contribution in [2.45, 2.75) is 13.3 Å². The minimum absolute atomic E-state index is 0.00968. The summed E-state index contributed by atoms with van der Waals surface area (Å²) < 4.78 is 26.6. The summed E-state index contributed by atoms with van der Waals surface area (Å²) in [4.78, 5) is 7.94. The second-order valence-electron chi connectivity index (χ2n) is 4.17. The zero-order valence-electron chi connectivity index (χ0n) is 11.0. The van der Waals surface area contributed by atoms with Gasteiger partial charge < -0.3 is 16.4 Å². The van der Waals surface area contributed by atoms with Crippen molar-refractivity contribution < 1.29 is 8.78 Å². The van der Waals surface area contributed by atoms with E-state index in [1.165, 1.54) is 0 Å². The molecule has 0 spiro atoms. The summed E-state index contributed by atoms with van der Waals surface area (Å²) in [6, 6.07) is 4.71. The van der Waals surface area contributed by atoms with E-state index in [0.717, 1.165) is 31.2 Å². The maximum atomic E-state index is 13.5. The molecule has 2 rings (SSSR count). The highest BCUT2D eigenvalue weighted by Crippen LogP contribution is 2.21. The number of benzene rings is 1. The van der Waals surface area contributed by atoms with Crippen LogP contribution in [0.2, 0.25) is 0 Å². The quantitative estimate of drug-likeness (QED) is 0.784. The van der Waals surface area contributed by atoms with E-state index in [1.807, 2.05) is 6.92 Å². The van der Waals surface area contributed by atoms with Gasteiger partial charge >= 0.3 is 0 Å². The molecular formula is C13H15F2N5. The Morgan fingerprint density at radius 1 is 1.15 bits per heavy atom. The van der Waals surface area contributed by atoms with E-state index in [9.17, 15) is 8.78 Å². The van der Waals surface area contributed by atoms with E-state index in [-0.39, 0.29) is 11.6 Å². The number of rotatable bonds is 5. The first-order valence-corrected chi connectivity index (χ1v) is 6.19. The molecule has 0 unspecified atom stereocenters. The van der Waals surface area contributed by atoms with Crippen LogP contribution in [-0.2, 0) is 0 Å². The first-order chi connectivity index (χ1) is 9.58. The number of nitrogen functional groups attached to an aromatic ring is 1. The lowest BCUT2D eigenvalue weighted by Crippen LogP contribution is -2.07. The number of halogens is 2. The summed E-state index contributed by atoms with van der Waals surface area (Å²) in [5.74, 6) is -0.253. The van der Waals surface area contributed by atoms with Gasteiger partial charge in [-0.05, 0) is 18.6 Å². The molecule has 1 aromatic carbocycles. The molecule has 106 valence electrons. The highest BCUT2D eigenvalue weighted by Gasteiger charge is 2.07. The average molecular weight is 279 g/mol. The second-order valence-corrected chi connectivity index (χ2v) is 4.17. The SMILES string of the molecule is CCCNc1cc(Nc2cc(F)ccc2F)nc(N)n1. The van der Waals surface area contributed by atoms with Crippen molar-refractivity contribution in [3.8, 4) is 0 Å². The van der Waals surface area contributed by atoms with Crippen LogP contribution in [0.15, 0.2) is 24.3 Å². The minimum atomic E-state index is -0.577. The lowest BCUT2D eigenvalue weighted by Gasteiger charge is -2.10. The maximum absolute atomic E-state index is 13.5. The van der Waals surface area contributed by atoms with Gasteiger partial charge in [0.2, 0.25) is 5.95 Å². The molecular weight excluding hydrogens is 264 g/mol. The molecule has 0 atom stereocenters. The number of nitrogens with zero attached hydrogens (tertiary/aromatic N) is 2. The first-order valence-electron chi connectivity index (χ1n) is 6.19. The van der Waals surface area contributed by atoms with E-state index in [4.69, 9.17) is 5.73 Å². The van der Waals surface area contributed by atoms with Crippen LogP contribution in [0.25, 0.3) is 0 Å². The molecule has 0 amide bonds. The van der Waals surface area contributed by atoms with Gasteiger partial charge in [-0.3, -0.25) is 0 Å². The fraction of sp³-hybridized carbons (Fsp3) is 0.231. The van der Waals surface area contributed by atoms with Crippen molar-refractivity contribution in [3.63, 3.8) is 0 Å². The largest absolute Gasteiger partial charge is 0.370 e. The van der Waals surface area contributed by atoms with Gasteiger partial charge in [-0.2, -0.15) is 9.97 Å². The maximum Gasteiger partial charge on any atom is 0.223 e. The number of nitrogens with one attached hydrogen (secondary N) is 2. The molecule has 7 heteroatoms. The highest BCUT2D eigenvalue weighted by molar-refractivity contribution is 5.61. The van der Waals surface area contributed by atoms with Crippen molar-refractivity contribution >= 4 is 23.3 Å². The summed E-state index contributed by atoms with van der Waals surface area (Å²) >= 11 is 0. The summed E-state index contributed by atoms with van der Waals surface area (Å²) in [5.41, 5.74) is 5.57. The third-order valence-corrected chi connectivity index (χ3v) is 2.49. The van der Waals surface area contributed by atoms with Crippen LogP contribution >= 0.6 is 0 Å². The Bertz CT molecular complexity index is 603. The molecule has 20 heavy (non-hydrogen) atoms. The smallest absolute Gasteiger partial charge is 0.223 e. The van der Waals surface area contributed by atoms with Crippen LogP contribution in [0.3, 0.4) is 0 Å². The zero-order chi connectivity index (χ0) is 14.5. The van der Waals surface area contributed by atoms with E-state index >= 15 is 0 Å². The van der Waals surface area contributed by atoms with Crippen LogP contribution in [0, 0.1) is 11.6 Å². The van der Waals surface area contributed by atoms with E-state index in [2.05, 4.69) is 20.6 Å². The lowest BCUT2D eigenvalue weighted by atomic mass is 10.3. The van der Waals surface area contributed by atoms with Crippen molar-refractivity contribution in [3.05, 3.63) is 35.9 Å². The van der Waals surface area contributed by atoms with E-state index in [1.54, 1.807) is 6.07 Å². The van der Waals surface area contributed by atoms with Gasteiger partial charge in [-0.1, -0.05) is 6.92 Å². The summed E-state index contributed by atoms with van der Waals surface area (Å²) in [5, 5.41) is 5.73. The average Bonchev–Trinajstić information content (AvgIpc) is 2.40. The molecule has 1 aromatic heterocycles. The Kier molecular flexibility index (Phi) is 4.29. The predicted molar refractivity (Wildman–Crippen MR) is 74.9 cm³/mol. The van der Waals surface area contributed by atoms with Gasteiger partial charge in [-0.15, -0.1) is 0 Å². The Labute approximate surface area is 115 Å². The molecule has 2 aromatic rings. The summed E-state index contributed by atoms with van der Waals surface area (Å²) in [6.07, 6.45) is 0.922. The molecule has 4 N–H and O–H groups in total. The summed E-state index contributed by atoms with van der Waals surface area (Å²) in [6.45, 7) is 2.74. The van der Waals surface area contributed by atoms with Crippen molar-refractivity contribution in [2.75, 3.05) is 22.9 Å². The second kappa shape index (κ2) is 6.14. The standard InChI is InChI=1S/C13H15F2N5/c1-2-5-17-11-7-12(20-13(16)19-11)18-10-6-8(14)3-4-9(10)15/h3-4,6-7H,2,5H2,1H3,(H4,16,17,18,19,20). The van der Waals surface area contributed by atoms with E-state index < -0.39 is 11.6 Å². The van der Waals surface area contributed by atoms with Crippen LogP contribution in [0.1, 0.15) is 13.3 Å². The number of anilines is 4. The Hall–Kier alpha value is -2.44. The lowest BCUT2D eigenvalue weighted by molar-refractivity contribution is 0.603. The minimum Gasteiger partial charge on any atom is -0.370 e. The van der Waals surface area contributed by atoms with Gasteiger partial charge in [0.25, 0.3) is 0 Å². The highest BCUT2D eigenvalue weighted by atomic mass is 19.1. The molecule has 1 heterocycles. The molecule has 0 saturated heterocycles. The fourth-order valence-electron chi connectivity index (χ4n) is 1.60. The van der Waals surface area contributed by atoms with E-state index in [0.29, 0.717) is 11.6 Å². The molecule has 0 saturated carbocycles. The molecule has 0 aliphatic rings. The normalized spacial score (nSPS) is 10.3. The van der Waals surface area contributed by atoms with Crippen molar-refractivity contribution in [2.24, 2.45) is 0 Å². The van der Waals surface area contributed by atoms with Crippen LogP contribution < -0.4 is 16.4 Å². The third kappa shape index (κ3) is 3.53. The first kappa shape index (κ1) is 14.0.